The van der Waals surface area contributed by atoms with Crippen molar-refractivity contribution in [3.05, 3.63) is 23.3 Å². The number of hydrogen-bond acceptors (Lipinski definition) is 4. The van der Waals surface area contributed by atoms with E-state index in [-0.39, 0.29) is 12.8 Å². The monoisotopic (exact) mass is 356 g/mol. The van der Waals surface area contributed by atoms with Gasteiger partial charge in [-0.25, -0.2) is 0 Å². The molecule has 0 atom stereocenters. The minimum Gasteiger partial charge on any atom is -0.494 e. The third-order valence-electron chi connectivity index (χ3n) is 4.27. The van der Waals surface area contributed by atoms with E-state index >= 15 is 0 Å². The third-order valence-corrected chi connectivity index (χ3v) is 4.27. The molecule has 4 nitrogen and oxygen atoms in total. The fourth-order valence-corrected chi connectivity index (χ4v) is 2.85. The van der Waals surface area contributed by atoms with Gasteiger partial charge in [-0.3, -0.25) is 0 Å². The summed E-state index contributed by atoms with van der Waals surface area (Å²) >= 11 is 0. The van der Waals surface area contributed by atoms with Crippen LogP contribution in [0.2, 0.25) is 0 Å². The number of hydrogen-bond donors (Lipinski definition) is 0. The molecule has 0 heterocycles. The Morgan fingerprint density at radius 1 is 0.731 bits per heavy atom. The first kappa shape index (κ1) is 21.8. The van der Waals surface area contributed by atoms with E-state index in [0.29, 0.717) is 19.0 Å². The second-order valence-corrected chi connectivity index (χ2v) is 6.56. The lowest BCUT2D eigenvalue weighted by molar-refractivity contribution is 0.292. The summed E-state index contributed by atoms with van der Waals surface area (Å²) in [6, 6.07) is 8.18. The molecule has 0 aliphatic carbocycles. The molecule has 0 aromatic heterocycles. The highest BCUT2D eigenvalue weighted by atomic mass is 16.5. The zero-order valence-corrected chi connectivity index (χ0v) is 16.4. The molecule has 0 radical (unpaired) electrons. The molecule has 0 N–H and O–H groups in total. The Morgan fingerprint density at radius 2 is 1.23 bits per heavy atom. The van der Waals surface area contributed by atoms with Crippen LogP contribution in [0, 0.1) is 22.7 Å². The van der Waals surface area contributed by atoms with Crippen molar-refractivity contribution in [2.45, 2.75) is 78.1 Å². The summed E-state index contributed by atoms with van der Waals surface area (Å²) < 4.78 is 11.8. The molecular weight excluding hydrogens is 324 g/mol. The molecule has 0 spiro atoms. The van der Waals surface area contributed by atoms with E-state index in [4.69, 9.17) is 20.0 Å². The van der Waals surface area contributed by atoms with Gasteiger partial charge in [0.15, 0.2) is 0 Å². The minimum atomic E-state index is 0.260. The van der Waals surface area contributed by atoms with Gasteiger partial charge in [-0.05, 0) is 25.0 Å². The number of ether oxygens (including phenoxy) is 2. The summed E-state index contributed by atoms with van der Waals surface area (Å²) in [5.41, 5.74) is 1.64. The van der Waals surface area contributed by atoms with Gasteiger partial charge in [-0.15, -0.1) is 0 Å². The van der Waals surface area contributed by atoms with Gasteiger partial charge in [-0.1, -0.05) is 52.4 Å². The SMILES string of the molecule is CCCCCCOc1cc(CC#N)c(OCCCCCC)c(CC#N)c1. The highest BCUT2D eigenvalue weighted by molar-refractivity contribution is 5.49. The van der Waals surface area contributed by atoms with Crippen LogP contribution in [0.25, 0.3) is 0 Å². The molecule has 0 aliphatic heterocycles. The summed E-state index contributed by atoms with van der Waals surface area (Å²) in [6.07, 6.45) is 9.62. The van der Waals surface area contributed by atoms with Crippen molar-refractivity contribution in [1.82, 2.24) is 0 Å². The van der Waals surface area contributed by atoms with Gasteiger partial charge < -0.3 is 9.47 Å². The Kier molecular flexibility index (Phi) is 11.8. The van der Waals surface area contributed by atoms with Crippen LogP contribution >= 0.6 is 0 Å². The maximum Gasteiger partial charge on any atom is 0.128 e. The van der Waals surface area contributed by atoms with Crippen molar-refractivity contribution < 1.29 is 9.47 Å². The van der Waals surface area contributed by atoms with Crippen molar-refractivity contribution in [3.63, 3.8) is 0 Å². The highest BCUT2D eigenvalue weighted by Gasteiger charge is 2.13. The molecule has 0 saturated heterocycles. The first-order chi connectivity index (χ1) is 12.8. The summed E-state index contributed by atoms with van der Waals surface area (Å²) in [5.74, 6) is 1.43. The first-order valence-corrected chi connectivity index (χ1v) is 9.92. The van der Waals surface area contributed by atoms with Crippen LogP contribution in [0.15, 0.2) is 12.1 Å². The fourth-order valence-electron chi connectivity index (χ4n) is 2.85. The molecule has 0 fully saturated rings. The molecule has 0 amide bonds. The molecule has 1 rings (SSSR count). The summed E-state index contributed by atoms with van der Waals surface area (Å²) in [4.78, 5) is 0. The Labute approximate surface area is 158 Å². The fraction of sp³-hybridized carbons (Fsp3) is 0.636. The summed E-state index contributed by atoms with van der Waals surface area (Å²) in [5, 5.41) is 18.3. The molecule has 26 heavy (non-hydrogen) atoms. The molecule has 0 saturated carbocycles. The molecule has 0 bridgehead atoms. The lowest BCUT2D eigenvalue weighted by atomic mass is 10.0. The van der Waals surface area contributed by atoms with Gasteiger partial charge in [0.25, 0.3) is 0 Å². The van der Waals surface area contributed by atoms with Crippen LogP contribution in [-0.2, 0) is 12.8 Å². The Bertz CT molecular complexity index is 562. The van der Waals surface area contributed by atoms with Crippen molar-refractivity contribution in [2.24, 2.45) is 0 Å². The van der Waals surface area contributed by atoms with E-state index < -0.39 is 0 Å². The standard InChI is InChI=1S/C22H32N2O2/c1-3-5-7-9-15-25-21-17-19(11-13-23)22(20(18-21)12-14-24)26-16-10-8-6-4-2/h17-18H,3-12,15-16H2,1-2H3. The smallest absolute Gasteiger partial charge is 0.128 e. The Morgan fingerprint density at radius 3 is 1.69 bits per heavy atom. The summed E-state index contributed by atoms with van der Waals surface area (Å²) in [7, 11) is 0. The van der Waals surface area contributed by atoms with Gasteiger partial charge in [0, 0.05) is 11.1 Å². The van der Waals surface area contributed by atoms with Crippen molar-refractivity contribution >= 4 is 0 Å². The topological polar surface area (TPSA) is 66.0 Å². The van der Waals surface area contributed by atoms with Crippen molar-refractivity contribution in [3.8, 4) is 23.6 Å². The van der Waals surface area contributed by atoms with Crippen LogP contribution in [0.3, 0.4) is 0 Å². The second-order valence-electron chi connectivity index (χ2n) is 6.56. The average molecular weight is 357 g/mol. The zero-order valence-electron chi connectivity index (χ0n) is 16.4. The van der Waals surface area contributed by atoms with Gasteiger partial charge in [0.2, 0.25) is 0 Å². The number of unbranched alkanes of at least 4 members (excludes halogenated alkanes) is 6. The van der Waals surface area contributed by atoms with E-state index in [0.717, 1.165) is 42.6 Å². The van der Waals surface area contributed by atoms with Gasteiger partial charge >= 0.3 is 0 Å². The van der Waals surface area contributed by atoms with Gasteiger partial charge in [0.05, 0.1) is 38.2 Å². The molecule has 0 unspecified atom stereocenters. The number of nitriles is 2. The van der Waals surface area contributed by atoms with Crippen molar-refractivity contribution in [2.75, 3.05) is 13.2 Å². The first-order valence-electron chi connectivity index (χ1n) is 9.92. The minimum absolute atomic E-state index is 0.260. The van der Waals surface area contributed by atoms with Gasteiger partial charge in [0.1, 0.15) is 11.5 Å². The Hall–Kier alpha value is -2.20. The normalized spacial score (nSPS) is 10.2. The van der Waals surface area contributed by atoms with Crippen LogP contribution < -0.4 is 9.47 Å². The van der Waals surface area contributed by atoms with Crippen molar-refractivity contribution in [1.29, 1.82) is 10.5 Å². The van der Waals surface area contributed by atoms with E-state index in [1.807, 2.05) is 12.1 Å². The number of benzene rings is 1. The molecular formula is C22H32N2O2. The van der Waals surface area contributed by atoms with Crippen LogP contribution in [0.1, 0.15) is 76.3 Å². The lowest BCUT2D eigenvalue weighted by Crippen LogP contribution is -2.05. The Balaban J connectivity index is 2.82. The number of rotatable bonds is 14. The van der Waals surface area contributed by atoms with Crippen LogP contribution in [0.4, 0.5) is 0 Å². The molecule has 4 heteroatoms. The average Bonchev–Trinajstić information content (AvgIpc) is 2.63. The predicted molar refractivity (Wildman–Crippen MR) is 104 cm³/mol. The summed E-state index contributed by atoms with van der Waals surface area (Å²) in [6.45, 7) is 5.64. The van der Waals surface area contributed by atoms with Gasteiger partial charge in [-0.2, -0.15) is 10.5 Å². The lowest BCUT2D eigenvalue weighted by Gasteiger charge is -2.16. The molecule has 0 aliphatic rings. The van der Waals surface area contributed by atoms with E-state index in [2.05, 4.69) is 26.0 Å². The third kappa shape index (κ3) is 8.26. The highest BCUT2D eigenvalue weighted by Crippen LogP contribution is 2.31. The predicted octanol–water partition coefficient (Wildman–Crippen LogP) is 5.74. The molecule has 1 aromatic carbocycles. The quantitative estimate of drug-likeness (QED) is 0.399. The second kappa shape index (κ2) is 14.0. The van der Waals surface area contributed by atoms with Crippen LogP contribution in [-0.4, -0.2) is 13.2 Å². The largest absolute Gasteiger partial charge is 0.494 e. The van der Waals surface area contributed by atoms with Crippen LogP contribution in [0.5, 0.6) is 11.5 Å². The van der Waals surface area contributed by atoms with E-state index in [1.54, 1.807) is 0 Å². The zero-order chi connectivity index (χ0) is 19.0. The van der Waals surface area contributed by atoms with E-state index in [1.165, 1.54) is 25.7 Å². The molecule has 142 valence electrons. The number of nitrogens with zero attached hydrogens (tertiary/aromatic N) is 2. The van der Waals surface area contributed by atoms with E-state index in [9.17, 15) is 0 Å². The molecule has 1 aromatic rings. The maximum atomic E-state index is 9.16. The maximum absolute atomic E-state index is 9.16.